The van der Waals surface area contributed by atoms with Gasteiger partial charge in [0.15, 0.2) is 28.8 Å². The lowest BCUT2D eigenvalue weighted by molar-refractivity contribution is -0.114. The van der Waals surface area contributed by atoms with E-state index in [4.69, 9.17) is 4.74 Å². The predicted molar refractivity (Wildman–Crippen MR) is 95.2 cm³/mol. The number of hydrogen-bond acceptors (Lipinski definition) is 5. The second kappa shape index (κ2) is 8.78. The zero-order valence-electron chi connectivity index (χ0n) is 14.1. The molecule has 2 aromatic rings. The number of methoxy groups -OCH3 is 1. The van der Waals surface area contributed by atoms with Crippen molar-refractivity contribution < 1.29 is 24.9 Å². The van der Waals surface area contributed by atoms with Crippen molar-refractivity contribution in [3.05, 3.63) is 59.7 Å². The third-order valence-corrected chi connectivity index (χ3v) is 3.85. The Bertz CT molecular complexity index is 765. The predicted octanol–water partition coefficient (Wildman–Crippen LogP) is 3.50. The summed E-state index contributed by atoms with van der Waals surface area (Å²) in [5, 5.41) is 28.2. The van der Waals surface area contributed by atoms with E-state index in [1.54, 1.807) is 30.3 Å². The number of phenolic OH excluding ortho intramolecular Hbond substituents is 3. The van der Waals surface area contributed by atoms with Crippen molar-refractivity contribution in [2.45, 2.75) is 25.7 Å². The summed E-state index contributed by atoms with van der Waals surface area (Å²) >= 11 is 0. The van der Waals surface area contributed by atoms with Crippen LogP contribution in [-0.4, -0.2) is 28.2 Å². The van der Waals surface area contributed by atoms with E-state index in [0.717, 1.165) is 11.1 Å². The molecule has 0 aromatic heterocycles. The molecule has 0 fully saturated rings. The molecule has 0 amide bonds. The van der Waals surface area contributed by atoms with Crippen LogP contribution in [0, 0.1) is 0 Å². The van der Waals surface area contributed by atoms with Gasteiger partial charge in [0.25, 0.3) is 0 Å². The third-order valence-electron chi connectivity index (χ3n) is 3.85. The smallest absolute Gasteiger partial charge is 0.160 e. The maximum absolute atomic E-state index is 11.9. The Hall–Kier alpha value is -2.95. The highest BCUT2D eigenvalue weighted by Crippen LogP contribution is 2.27. The summed E-state index contributed by atoms with van der Waals surface area (Å²) in [6.45, 7) is 0. The minimum absolute atomic E-state index is 0.0283. The molecule has 0 spiro atoms. The van der Waals surface area contributed by atoms with Gasteiger partial charge in [0.05, 0.1) is 7.11 Å². The Labute approximate surface area is 146 Å². The van der Waals surface area contributed by atoms with Gasteiger partial charge in [-0.2, -0.15) is 0 Å². The van der Waals surface area contributed by atoms with Gasteiger partial charge in [0.2, 0.25) is 0 Å². The minimum Gasteiger partial charge on any atom is -0.504 e. The summed E-state index contributed by atoms with van der Waals surface area (Å²) in [5.41, 5.74) is 1.82. The van der Waals surface area contributed by atoms with Gasteiger partial charge < -0.3 is 20.1 Å². The van der Waals surface area contributed by atoms with Gasteiger partial charge in [-0.3, -0.25) is 4.79 Å². The van der Waals surface area contributed by atoms with Crippen LogP contribution in [0.4, 0.5) is 0 Å². The first-order chi connectivity index (χ1) is 12.0. The Balaban J connectivity index is 1.77. The summed E-state index contributed by atoms with van der Waals surface area (Å²) < 4.78 is 5.05. The van der Waals surface area contributed by atoms with Gasteiger partial charge in [-0.15, -0.1) is 0 Å². The summed E-state index contributed by atoms with van der Waals surface area (Å²) in [7, 11) is 1.49. The van der Waals surface area contributed by atoms with E-state index in [1.165, 1.54) is 19.2 Å². The monoisotopic (exact) mass is 342 g/mol. The van der Waals surface area contributed by atoms with Gasteiger partial charge in [-0.1, -0.05) is 18.2 Å². The lowest BCUT2D eigenvalue weighted by Gasteiger charge is -2.05. The van der Waals surface area contributed by atoms with Crippen molar-refractivity contribution in [1.29, 1.82) is 0 Å². The van der Waals surface area contributed by atoms with Crippen LogP contribution in [0.25, 0.3) is 0 Å². The van der Waals surface area contributed by atoms with Crippen LogP contribution in [0.5, 0.6) is 23.0 Å². The Morgan fingerprint density at radius 2 is 1.64 bits per heavy atom. The number of carbonyl (C=O) groups is 1. The van der Waals surface area contributed by atoms with Crippen LogP contribution >= 0.6 is 0 Å². The molecule has 3 N–H and O–H groups in total. The van der Waals surface area contributed by atoms with Gasteiger partial charge >= 0.3 is 0 Å². The first kappa shape index (κ1) is 18.4. The van der Waals surface area contributed by atoms with E-state index < -0.39 is 0 Å². The quantitative estimate of drug-likeness (QED) is 0.505. The number of benzene rings is 2. The van der Waals surface area contributed by atoms with E-state index in [-0.39, 0.29) is 23.0 Å². The van der Waals surface area contributed by atoms with Crippen LogP contribution < -0.4 is 4.74 Å². The molecule has 25 heavy (non-hydrogen) atoms. The van der Waals surface area contributed by atoms with Crippen molar-refractivity contribution in [3.63, 3.8) is 0 Å². The van der Waals surface area contributed by atoms with Gasteiger partial charge in [0, 0.05) is 6.42 Å². The molecule has 0 heterocycles. The standard InChI is InChI=1S/C20H22O5/c1-25-20-13-15(8-11-18(20)23)6-9-16(21)5-3-2-4-14-7-10-17(22)19(24)12-14/h3,5,7-8,10-13,22-24H,2,4,6,9H2,1H3/b5-3+. The second-order valence-corrected chi connectivity index (χ2v) is 5.74. The Morgan fingerprint density at radius 1 is 0.960 bits per heavy atom. The summed E-state index contributed by atoms with van der Waals surface area (Å²) in [4.78, 5) is 11.9. The molecule has 0 saturated heterocycles. The molecule has 2 rings (SSSR count). The van der Waals surface area contributed by atoms with E-state index in [0.29, 0.717) is 31.4 Å². The molecular weight excluding hydrogens is 320 g/mol. The topological polar surface area (TPSA) is 87.0 Å². The molecule has 5 heteroatoms. The largest absolute Gasteiger partial charge is 0.504 e. The lowest BCUT2D eigenvalue weighted by Crippen LogP contribution is -1.97. The summed E-state index contributed by atoms with van der Waals surface area (Å²) in [6.07, 6.45) is 5.67. The highest BCUT2D eigenvalue weighted by atomic mass is 16.5. The number of hydrogen-bond donors (Lipinski definition) is 3. The molecule has 0 bridgehead atoms. The SMILES string of the molecule is COc1cc(CCC(=O)/C=C/CCc2ccc(O)c(O)c2)ccc1O. The number of allylic oxidation sites excluding steroid dienone is 2. The van der Waals surface area contributed by atoms with Gasteiger partial charge in [0.1, 0.15) is 0 Å². The molecule has 0 saturated carbocycles. The molecule has 2 aromatic carbocycles. The number of ether oxygens (including phenoxy) is 1. The zero-order valence-corrected chi connectivity index (χ0v) is 14.1. The lowest BCUT2D eigenvalue weighted by atomic mass is 10.1. The van der Waals surface area contributed by atoms with Crippen molar-refractivity contribution in [2.75, 3.05) is 7.11 Å². The van der Waals surface area contributed by atoms with E-state index in [1.807, 2.05) is 6.08 Å². The second-order valence-electron chi connectivity index (χ2n) is 5.74. The van der Waals surface area contributed by atoms with E-state index >= 15 is 0 Å². The van der Waals surface area contributed by atoms with Crippen LogP contribution in [0.2, 0.25) is 0 Å². The van der Waals surface area contributed by atoms with E-state index in [9.17, 15) is 20.1 Å². The minimum atomic E-state index is -0.139. The number of ketones is 1. The van der Waals surface area contributed by atoms with Crippen molar-refractivity contribution in [3.8, 4) is 23.0 Å². The average Bonchev–Trinajstić information content (AvgIpc) is 2.61. The van der Waals surface area contributed by atoms with Crippen molar-refractivity contribution in [2.24, 2.45) is 0 Å². The molecule has 0 aliphatic carbocycles. The van der Waals surface area contributed by atoms with Gasteiger partial charge in [-0.25, -0.2) is 0 Å². The molecule has 5 nitrogen and oxygen atoms in total. The van der Waals surface area contributed by atoms with Crippen molar-refractivity contribution in [1.82, 2.24) is 0 Å². The van der Waals surface area contributed by atoms with Gasteiger partial charge in [-0.05, 0) is 60.7 Å². The average molecular weight is 342 g/mol. The molecular formula is C20H22O5. The van der Waals surface area contributed by atoms with Crippen LogP contribution in [-0.2, 0) is 17.6 Å². The summed E-state index contributed by atoms with van der Waals surface area (Å²) in [6, 6.07) is 9.76. The van der Waals surface area contributed by atoms with Crippen LogP contribution in [0.15, 0.2) is 48.6 Å². The number of aromatic hydroxyl groups is 3. The van der Waals surface area contributed by atoms with Crippen molar-refractivity contribution >= 4 is 5.78 Å². The van der Waals surface area contributed by atoms with E-state index in [2.05, 4.69) is 0 Å². The Kier molecular flexibility index (Phi) is 6.46. The highest BCUT2D eigenvalue weighted by molar-refractivity contribution is 5.89. The summed E-state index contributed by atoms with van der Waals surface area (Å²) in [5.74, 6) is 0.234. The number of carbonyl (C=O) groups excluding carboxylic acids is 1. The molecule has 0 aliphatic heterocycles. The number of phenols is 3. The number of rotatable bonds is 8. The number of aryl methyl sites for hydroxylation is 2. The molecule has 0 atom stereocenters. The maximum atomic E-state index is 11.9. The van der Waals surface area contributed by atoms with Crippen LogP contribution in [0.1, 0.15) is 24.0 Å². The highest BCUT2D eigenvalue weighted by Gasteiger charge is 2.04. The molecule has 0 radical (unpaired) electrons. The third kappa shape index (κ3) is 5.57. The molecule has 132 valence electrons. The fraction of sp³-hybridized carbons (Fsp3) is 0.250. The molecule has 0 aliphatic rings. The first-order valence-electron chi connectivity index (χ1n) is 8.05. The van der Waals surface area contributed by atoms with Crippen LogP contribution in [0.3, 0.4) is 0 Å². The molecule has 0 unspecified atom stereocenters. The fourth-order valence-corrected chi connectivity index (χ4v) is 2.42. The Morgan fingerprint density at radius 3 is 2.32 bits per heavy atom. The zero-order chi connectivity index (χ0) is 18.2. The maximum Gasteiger partial charge on any atom is 0.160 e. The fourth-order valence-electron chi connectivity index (χ4n) is 2.42. The first-order valence-corrected chi connectivity index (χ1v) is 8.05. The normalized spacial score (nSPS) is 10.9.